The molecular weight excluding hydrogens is 222 g/mol. The summed E-state index contributed by atoms with van der Waals surface area (Å²) < 4.78 is 5.21. The van der Waals surface area contributed by atoms with E-state index in [1.165, 1.54) is 11.1 Å². The molecule has 1 rings (SSSR count). The van der Waals surface area contributed by atoms with Crippen molar-refractivity contribution < 1.29 is 4.74 Å². The van der Waals surface area contributed by atoms with Gasteiger partial charge in [-0.2, -0.15) is 0 Å². The number of likely N-dealkylation sites (N-methyl/N-ethyl adjacent to an activating group) is 1. The van der Waals surface area contributed by atoms with Crippen LogP contribution in [0.2, 0.25) is 0 Å². The third-order valence-corrected chi connectivity index (χ3v) is 3.55. The van der Waals surface area contributed by atoms with Gasteiger partial charge in [-0.15, -0.1) is 0 Å². The third kappa shape index (κ3) is 4.79. The molecule has 2 unspecified atom stereocenters. The number of nitrogens with one attached hydrogen (secondary N) is 1. The van der Waals surface area contributed by atoms with Crippen molar-refractivity contribution in [3.63, 3.8) is 0 Å². The largest absolute Gasteiger partial charge is 0.385 e. The zero-order chi connectivity index (χ0) is 13.4. The normalized spacial score (nSPS) is 14.4. The zero-order valence-corrected chi connectivity index (χ0v) is 12.2. The predicted octanol–water partition coefficient (Wildman–Crippen LogP) is 3.36. The molecule has 0 aliphatic rings. The fourth-order valence-electron chi connectivity index (χ4n) is 2.35. The minimum absolute atomic E-state index is 0.569. The first kappa shape index (κ1) is 15.2. The quantitative estimate of drug-likeness (QED) is 0.763. The minimum atomic E-state index is 0.569. The second-order valence-corrected chi connectivity index (χ2v) is 5.09. The van der Waals surface area contributed by atoms with E-state index in [1.54, 1.807) is 7.11 Å². The third-order valence-electron chi connectivity index (χ3n) is 3.55. The molecule has 2 heteroatoms. The van der Waals surface area contributed by atoms with Crippen molar-refractivity contribution in [1.29, 1.82) is 0 Å². The highest BCUT2D eigenvalue weighted by Gasteiger charge is 2.18. The van der Waals surface area contributed by atoms with Gasteiger partial charge in [0.1, 0.15) is 0 Å². The summed E-state index contributed by atoms with van der Waals surface area (Å²) in [5.41, 5.74) is 2.78. The van der Waals surface area contributed by atoms with E-state index in [0.717, 1.165) is 26.1 Å². The van der Waals surface area contributed by atoms with Crippen LogP contribution in [0.15, 0.2) is 24.3 Å². The van der Waals surface area contributed by atoms with Crippen LogP contribution in [0, 0.1) is 12.8 Å². The van der Waals surface area contributed by atoms with Crippen LogP contribution in [0.3, 0.4) is 0 Å². The molecule has 0 aliphatic heterocycles. The van der Waals surface area contributed by atoms with Crippen LogP contribution in [0.4, 0.5) is 0 Å². The molecule has 2 atom stereocenters. The number of hydrogen-bond donors (Lipinski definition) is 1. The van der Waals surface area contributed by atoms with E-state index >= 15 is 0 Å². The van der Waals surface area contributed by atoms with Crippen LogP contribution in [0.1, 0.15) is 37.3 Å². The maximum Gasteiger partial charge on any atom is 0.0465 e. The van der Waals surface area contributed by atoms with Crippen LogP contribution < -0.4 is 5.32 Å². The molecule has 0 amide bonds. The van der Waals surface area contributed by atoms with Crippen molar-refractivity contribution in [2.24, 2.45) is 5.92 Å². The monoisotopic (exact) mass is 249 g/mol. The summed E-state index contributed by atoms with van der Waals surface area (Å²) in [6.45, 7) is 9.56. The first-order valence-electron chi connectivity index (χ1n) is 6.95. The summed E-state index contributed by atoms with van der Waals surface area (Å²) in [5.74, 6) is 1.20. The molecule has 0 saturated carbocycles. The lowest BCUT2D eigenvalue weighted by atomic mass is 9.84. The predicted molar refractivity (Wildman–Crippen MR) is 78.1 cm³/mol. The SMILES string of the molecule is CCNCC(c1cccc(C)c1)C(C)CCOC. The lowest BCUT2D eigenvalue weighted by Gasteiger charge is -2.25. The summed E-state index contributed by atoms with van der Waals surface area (Å²) in [6.07, 6.45) is 1.11. The smallest absolute Gasteiger partial charge is 0.0465 e. The van der Waals surface area contributed by atoms with E-state index in [0.29, 0.717) is 11.8 Å². The Morgan fingerprint density at radius 1 is 1.33 bits per heavy atom. The molecule has 102 valence electrons. The van der Waals surface area contributed by atoms with Gasteiger partial charge in [0.05, 0.1) is 0 Å². The standard InChI is InChI=1S/C16H27NO/c1-5-17-12-16(14(3)9-10-18-4)15-8-6-7-13(2)11-15/h6-8,11,14,16-17H,5,9-10,12H2,1-4H3. The Hall–Kier alpha value is -0.860. The van der Waals surface area contributed by atoms with Gasteiger partial charge in [-0.05, 0) is 37.3 Å². The van der Waals surface area contributed by atoms with E-state index in [1.807, 2.05) is 0 Å². The Labute approximate surface area is 112 Å². The van der Waals surface area contributed by atoms with Crippen LogP contribution >= 0.6 is 0 Å². The summed E-state index contributed by atoms with van der Waals surface area (Å²) in [6, 6.07) is 8.88. The average Bonchev–Trinajstić information content (AvgIpc) is 2.37. The Balaban J connectivity index is 2.76. The Kier molecular flexibility index (Phi) is 6.99. The van der Waals surface area contributed by atoms with E-state index < -0.39 is 0 Å². The summed E-state index contributed by atoms with van der Waals surface area (Å²) >= 11 is 0. The lowest BCUT2D eigenvalue weighted by molar-refractivity contribution is 0.174. The summed E-state index contributed by atoms with van der Waals surface area (Å²) in [5, 5.41) is 3.48. The van der Waals surface area contributed by atoms with Crippen molar-refractivity contribution in [2.75, 3.05) is 26.8 Å². The molecule has 0 aromatic heterocycles. The number of benzene rings is 1. The number of aryl methyl sites for hydroxylation is 1. The van der Waals surface area contributed by atoms with Crippen molar-refractivity contribution in [3.05, 3.63) is 35.4 Å². The minimum Gasteiger partial charge on any atom is -0.385 e. The van der Waals surface area contributed by atoms with E-state index in [2.05, 4.69) is 50.4 Å². The molecule has 0 aliphatic carbocycles. The molecule has 0 saturated heterocycles. The topological polar surface area (TPSA) is 21.3 Å². The van der Waals surface area contributed by atoms with Crippen LogP contribution in [-0.2, 0) is 4.74 Å². The second kappa shape index (κ2) is 8.28. The number of methoxy groups -OCH3 is 1. The molecule has 0 radical (unpaired) electrons. The Morgan fingerprint density at radius 2 is 2.11 bits per heavy atom. The van der Waals surface area contributed by atoms with Crippen molar-refractivity contribution in [2.45, 2.75) is 33.1 Å². The molecule has 18 heavy (non-hydrogen) atoms. The van der Waals surface area contributed by atoms with Gasteiger partial charge >= 0.3 is 0 Å². The molecule has 0 spiro atoms. The first-order valence-corrected chi connectivity index (χ1v) is 6.95. The fraction of sp³-hybridized carbons (Fsp3) is 0.625. The molecule has 1 aromatic rings. The van der Waals surface area contributed by atoms with Gasteiger partial charge in [0, 0.05) is 20.3 Å². The molecule has 0 bridgehead atoms. The van der Waals surface area contributed by atoms with Gasteiger partial charge in [-0.25, -0.2) is 0 Å². The average molecular weight is 249 g/mol. The first-order chi connectivity index (χ1) is 8.69. The van der Waals surface area contributed by atoms with Crippen molar-refractivity contribution in [3.8, 4) is 0 Å². The van der Waals surface area contributed by atoms with Gasteiger partial charge in [0.2, 0.25) is 0 Å². The summed E-state index contributed by atoms with van der Waals surface area (Å²) in [7, 11) is 1.78. The Bertz CT molecular complexity index is 338. The van der Waals surface area contributed by atoms with Crippen molar-refractivity contribution in [1.82, 2.24) is 5.32 Å². The molecule has 1 N–H and O–H groups in total. The molecular formula is C16H27NO. The molecule has 1 aromatic carbocycles. The second-order valence-electron chi connectivity index (χ2n) is 5.09. The molecule has 0 heterocycles. The van der Waals surface area contributed by atoms with Crippen LogP contribution in [-0.4, -0.2) is 26.8 Å². The van der Waals surface area contributed by atoms with E-state index in [4.69, 9.17) is 4.74 Å². The highest BCUT2D eigenvalue weighted by Crippen LogP contribution is 2.27. The van der Waals surface area contributed by atoms with Gasteiger partial charge in [0.15, 0.2) is 0 Å². The number of hydrogen-bond acceptors (Lipinski definition) is 2. The number of rotatable bonds is 8. The van der Waals surface area contributed by atoms with Crippen molar-refractivity contribution >= 4 is 0 Å². The van der Waals surface area contributed by atoms with Gasteiger partial charge in [-0.1, -0.05) is 43.7 Å². The fourth-order valence-corrected chi connectivity index (χ4v) is 2.35. The van der Waals surface area contributed by atoms with Gasteiger partial charge in [0.25, 0.3) is 0 Å². The molecule has 0 fully saturated rings. The molecule has 2 nitrogen and oxygen atoms in total. The maximum absolute atomic E-state index is 5.21. The van der Waals surface area contributed by atoms with Crippen LogP contribution in [0.25, 0.3) is 0 Å². The zero-order valence-electron chi connectivity index (χ0n) is 12.2. The van der Waals surface area contributed by atoms with Crippen LogP contribution in [0.5, 0.6) is 0 Å². The highest BCUT2D eigenvalue weighted by atomic mass is 16.5. The maximum atomic E-state index is 5.21. The Morgan fingerprint density at radius 3 is 2.72 bits per heavy atom. The number of ether oxygens (including phenoxy) is 1. The van der Waals surface area contributed by atoms with Gasteiger partial charge in [-0.3, -0.25) is 0 Å². The summed E-state index contributed by atoms with van der Waals surface area (Å²) in [4.78, 5) is 0. The van der Waals surface area contributed by atoms with E-state index in [9.17, 15) is 0 Å². The van der Waals surface area contributed by atoms with E-state index in [-0.39, 0.29) is 0 Å². The lowest BCUT2D eigenvalue weighted by Crippen LogP contribution is -2.26. The van der Waals surface area contributed by atoms with Gasteiger partial charge < -0.3 is 10.1 Å². The highest BCUT2D eigenvalue weighted by molar-refractivity contribution is 5.26.